The van der Waals surface area contributed by atoms with E-state index in [1.54, 1.807) is 6.33 Å². The van der Waals surface area contributed by atoms with Crippen LogP contribution in [-0.2, 0) is 18.3 Å². The molecule has 6 heteroatoms. The molecule has 0 fully saturated rings. The molecule has 2 N–H and O–H groups in total. The van der Waals surface area contributed by atoms with Gasteiger partial charge in [0.1, 0.15) is 12.2 Å². The van der Waals surface area contributed by atoms with Crippen LogP contribution in [0.15, 0.2) is 6.33 Å². The summed E-state index contributed by atoms with van der Waals surface area (Å²) in [5, 5.41) is 14.0. The molecule has 19 heavy (non-hydrogen) atoms. The summed E-state index contributed by atoms with van der Waals surface area (Å²) in [6.07, 6.45) is 5.83. The van der Waals surface area contributed by atoms with E-state index in [0.717, 1.165) is 38.2 Å². The van der Waals surface area contributed by atoms with E-state index in [2.05, 4.69) is 27.8 Å². The van der Waals surface area contributed by atoms with Gasteiger partial charge in [-0.25, -0.2) is 0 Å². The Labute approximate surface area is 115 Å². The Bertz CT molecular complexity index is 377. The van der Waals surface area contributed by atoms with E-state index in [1.165, 1.54) is 6.42 Å². The van der Waals surface area contributed by atoms with E-state index < -0.39 is 0 Å². The number of amides is 1. The van der Waals surface area contributed by atoms with Crippen LogP contribution >= 0.6 is 0 Å². The number of aromatic nitrogens is 3. The van der Waals surface area contributed by atoms with E-state index in [-0.39, 0.29) is 11.9 Å². The van der Waals surface area contributed by atoms with Crippen LogP contribution in [0.25, 0.3) is 0 Å². The maximum Gasteiger partial charge on any atom is 0.236 e. The largest absolute Gasteiger partial charge is 0.355 e. The van der Waals surface area contributed by atoms with Crippen molar-refractivity contribution in [2.75, 3.05) is 13.1 Å². The minimum absolute atomic E-state index is 0.0640. The molecular formula is C13H25N5O. The molecule has 0 bridgehead atoms. The molecule has 0 aromatic carbocycles. The summed E-state index contributed by atoms with van der Waals surface area (Å²) in [6.45, 7) is 5.52. The van der Waals surface area contributed by atoms with Gasteiger partial charge in [-0.2, -0.15) is 0 Å². The van der Waals surface area contributed by atoms with Gasteiger partial charge in [-0.15, -0.1) is 10.2 Å². The Hall–Kier alpha value is -1.43. The summed E-state index contributed by atoms with van der Waals surface area (Å²) in [4.78, 5) is 11.8. The van der Waals surface area contributed by atoms with E-state index in [4.69, 9.17) is 0 Å². The number of unbranched alkanes of at least 4 members (excludes halogenated alkanes) is 2. The van der Waals surface area contributed by atoms with Crippen molar-refractivity contribution in [3.63, 3.8) is 0 Å². The molecule has 0 aliphatic carbocycles. The zero-order chi connectivity index (χ0) is 14.1. The highest BCUT2D eigenvalue weighted by Crippen LogP contribution is 1.94. The molecular weight excluding hydrogens is 242 g/mol. The smallest absolute Gasteiger partial charge is 0.236 e. The molecule has 1 unspecified atom stereocenters. The highest BCUT2D eigenvalue weighted by molar-refractivity contribution is 5.81. The first-order valence-corrected chi connectivity index (χ1v) is 6.99. The Morgan fingerprint density at radius 2 is 2.21 bits per heavy atom. The van der Waals surface area contributed by atoms with Crippen molar-refractivity contribution in [2.45, 2.75) is 45.6 Å². The van der Waals surface area contributed by atoms with Gasteiger partial charge in [-0.1, -0.05) is 19.8 Å². The van der Waals surface area contributed by atoms with Crippen molar-refractivity contribution < 1.29 is 4.79 Å². The lowest BCUT2D eigenvalue weighted by atomic mass is 10.2. The number of aryl methyl sites for hydroxylation is 1. The van der Waals surface area contributed by atoms with Gasteiger partial charge in [0, 0.05) is 26.6 Å². The monoisotopic (exact) mass is 267 g/mol. The van der Waals surface area contributed by atoms with Crippen molar-refractivity contribution in [1.29, 1.82) is 0 Å². The van der Waals surface area contributed by atoms with Crippen LogP contribution in [0, 0.1) is 0 Å². The van der Waals surface area contributed by atoms with Crippen molar-refractivity contribution in [3.05, 3.63) is 12.2 Å². The predicted octanol–water partition coefficient (Wildman–Crippen LogP) is 0.642. The number of nitrogens with zero attached hydrogens (tertiary/aromatic N) is 3. The first-order chi connectivity index (χ1) is 9.15. The third-order valence-corrected chi connectivity index (χ3v) is 3.08. The highest BCUT2D eigenvalue weighted by Gasteiger charge is 2.11. The van der Waals surface area contributed by atoms with Gasteiger partial charge >= 0.3 is 0 Å². The molecule has 1 amide bonds. The molecule has 0 radical (unpaired) electrons. The Morgan fingerprint density at radius 3 is 2.84 bits per heavy atom. The number of carbonyl (C=O) groups excluding carboxylic acids is 1. The zero-order valence-corrected chi connectivity index (χ0v) is 12.1. The molecule has 0 aliphatic rings. The number of hydrogen-bond acceptors (Lipinski definition) is 4. The van der Waals surface area contributed by atoms with Gasteiger partial charge in [0.25, 0.3) is 0 Å². The fraction of sp³-hybridized carbons (Fsp3) is 0.769. The molecule has 1 rings (SSSR count). The SMILES string of the molecule is CCCCCNC(=O)C(C)NCCc1nncn1C. The molecule has 6 nitrogen and oxygen atoms in total. The third-order valence-electron chi connectivity index (χ3n) is 3.08. The molecule has 0 saturated carbocycles. The van der Waals surface area contributed by atoms with Crippen LogP contribution in [0.5, 0.6) is 0 Å². The minimum Gasteiger partial charge on any atom is -0.355 e. The van der Waals surface area contributed by atoms with Gasteiger partial charge in [-0.3, -0.25) is 4.79 Å². The standard InChI is InChI=1S/C13H25N5O/c1-4-5-6-8-15-13(19)11(2)14-9-7-12-17-16-10-18(12)3/h10-11,14H,4-9H2,1-3H3,(H,15,19). The van der Waals surface area contributed by atoms with Gasteiger partial charge < -0.3 is 15.2 Å². The zero-order valence-electron chi connectivity index (χ0n) is 12.1. The summed E-state index contributed by atoms with van der Waals surface area (Å²) >= 11 is 0. The second-order valence-electron chi connectivity index (χ2n) is 4.78. The lowest BCUT2D eigenvalue weighted by Gasteiger charge is -2.13. The molecule has 1 aromatic rings. The summed E-state index contributed by atoms with van der Waals surface area (Å²) in [6, 6.07) is -0.171. The van der Waals surface area contributed by atoms with Crippen LogP contribution in [-0.4, -0.2) is 39.8 Å². The number of carbonyl (C=O) groups is 1. The number of rotatable bonds is 9. The second kappa shape index (κ2) is 8.63. The van der Waals surface area contributed by atoms with Crippen LogP contribution in [0.2, 0.25) is 0 Å². The fourth-order valence-corrected chi connectivity index (χ4v) is 1.77. The summed E-state index contributed by atoms with van der Waals surface area (Å²) < 4.78 is 1.89. The Kier molecular flexibility index (Phi) is 7.10. The summed E-state index contributed by atoms with van der Waals surface area (Å²) in [7, 11) is 1.92. The van der Waals surface area contributed by atoms with Crippen LogP contribution in [0.1, 0.15) is 38.9 Å². The normalized spacial score (nSPS) is 12.4. The van der Waals surface area contributed by atoms with Gasteiger partial charge in [0.2, 0.25) is 5.91 Å². The molecule has 1 aromatic heterocycles. The summed E-state index contributed by atoms with van der Waals surface area (Å²) in [5.74, 6) is 0.983. The van der Waals surface area contributed by atoms with Crippen molar-refractivity contribution >= 4 is 5.91 Å². The number of hydrogen-bond donors (Lipinski definition) is 2. The van der Waals surface area contributed by atoms with Crippen LogP contribution in [0.4, 0.5) is 0 Å². The predicted molar refractivity (Wildman–Crippen MR) is 74.7 cm³/mol. The number of nitrogens with one attached hydrogen (secondary N) is 2. The first-order valence-electron chi connectivity index (χ1n) is 6.99. The quantitative estimate of drug-likeness (QED) is 0.644. The first kappa shape index (κ1) is 15.6. The molecule has 0 saturated heterocycles. The average Bonchev–Trinajstić information content (AvgIpc) is 2.80. The van der Waals surface area contributed by atoms with E-state index in [1.807, 2.05) is 18.5 Å². The minimum atomic E-state index is -0.171. The Morgan fingerprint density at radius 1 is 1.42 bits per heavy atom. The van der Waals surface area contributed by atoms with E-state index in [0.29, 0.717) is 0 Å². The van der Waals surface area contributed by atoms with Crippen LogP contribution in [0.3, 0.4) is 0 Å². The average molecular weight is 267 g/mol. The second-order valence-corrected chi connectivity index (χ2v) is 4.78. The van der Waals surface area contributed by atoms with E-state index >= 15 is 0 Å². The van der Waals surface area contributed by atoms with Gasteiger partial charge in [-0.05, 0) is 13.3 Å². The fourth-order valence-electron chi connectivity index (χ4n) is 1.77. The molecule has 0 spiro atoms. The maximum absolute atomic E-state index is 11.8. The van der Waals surface area contributed by atoms with Crippen molar-refractivity contribution in [2.24, 2.45) is 7.05 Å². The lowest BCUT2D eigenvalue weighted by Crippen LogP contribution is -2.43. The maximum atomic E-state index is 11.8. The van der Waals surface area contributed by atoms with Crippen molar-refractivity contribution in [1.82, 2.24) is 25.4 Å². The highest BCUT2D eigenvalue weighted by atomic mass is 16.2. The molecule has 0 aliphatic heterocycles. The third kappa shape index (κ3) is 5.83. The Balaban J connectivity index is 2.14. The van der Waals surface area contributed by atoms with E-state index in [9.17, 15) is 4.79 Å². The molecule has 1 heterocycles. The van der Waals surface area contributed by atoms with Gasteiger partial charge in [0.15, 0.2) is 0 Å². The molecule has 108 valence electrons. The summed E-state index contributed by atoms with van der Waals surface area (Å²) in [5.41, 5.74) is 0. The van der Waals surface area contributed by atoms with Crippen molar-refractivity contribution in [3.8, 4) is 0 Å². The van der Waals surface area contributed by atoms with Crippen LogP contribution < -0.4 is 10.6 Å². The topological polar surface area (TPSA) is 71.8 Å². The van der Waals surface area contributed by atoms with Gasteiger partial charge in [0.05, 0.1) is 6.04 Å². The molecule has 1 atom stereocenters. The lowest BCUT2D eigenvalue weighted by molar-refractivity contribution is -0.122.